The lowest BCUT2D eigenvalue weighted by Gasteiger charge is -2.43. The minimum atomic E-state index is -1.27. The molecule has 2 aliphatic heterocycles. The number of allylic oxidation sites excluding steroid dienone is 1. The standard InChI is InChI=1S/C13H18N4O6S/c1-4(18)7-9(19)17-8(12(22)23)6(24-10(7)17)3-2-5(11(20)21)16-13(14)15/h4-5,7,10,18H,2-3H2,1H3,(H,20,21)(H,22,23)(H4,14,15,16)/t4?,5?,7?,10-/m0/s1. The van der Waals surface area contributed by atoms with E-state index in [-0.39, 0.29) is 18.5 Å². The summed E-state index contributed by atoms with van der Waals surface area (Å²) >= 11 is 1.15. The van der Waals surface area contributed by atoms with Crippen LogP contribution in [-0.2, 0) is 14.4 Å². The Balaban J connectivity index is 2.14. The van der Waals surface area contributed by atoms with E-state index in [0.717, 1.165) is 16.7 Å². The van der Waals surface area contributed by atoms with E-state index in [1.165, 1.54) is 6.92 Å². The minimum absolute atomic E-state index is 0.00211. The van der Waals surface area contributed by atoms with Crippen molar-refractivity contribution >= 4 is 35.6 Å². The second-order valence-corrected chi connectivity index (χ2v) is 6.76. The fourth-order valence-corrected chi connectivity index (χ4v) is 4.38. The minimum Gasteiger partial charge on any atom is -0.480 e. The SMILES string of the molecule is CC(O)C1C(=O)N2C(C(=O)O)=C(CCC(NC(=N)N)C(=O)O)S[C@@H]12. The number of carbonyl (C=O) groups is 3. The first-order valence-corrected chi connectivity index (χ1v) is 8.00. The van der Waals surface area contributed by atoms with Gasteiger partial charge in [-0.15, -0.1) is 11.8 Å². The van der Waals surface area contributed by atoms with Gasteiger partial charge < -0.3 is 26.4 Å². The van der Waals surface area contributed by atoms with Crippen molar-refractivity contribution in [3.05, 3.63) is 10.6 Å². The zero-order valence-corrected chi connectivity index (χ0v) is 13.5. The highest BCUT2D eigenvalue weighted by Gasteiger charge is 2.57. The van der Waals surface area contributed by atoms with E-state index in [0.29, 0.717) is 4.91 Å². The Hall–Kier alpha value is -2.27. The van der Waals surface area contributed by atoms with Gasteiger partial charge >= 0.3 is 11.9 Å². The fraction of sp³-hybridized carbons (Fsp3) is 0.538. The van der Waals surface area contributed by atoms with Crippen LogP contribution in [0.1, 0.15) is 19.8 Å². The van der Waals surface area contributed by atoms with E-state index in [1.54, 1.807) is 0 Å². The maximum Gasteiger partial charge on any atom is 0.353 e. The molecule has 1 saturated heterocycles. The predicted octanol–water partition coefficient (Wildman–Crippen LogP) is -1.09. The molecular formula is C13H18N4O6S. The van der Waals surface area contributed by atoms with Gasteiger partial charge in [0.15, 0.2) is 5.96 Å². The molecule has 2 rings (SSSR count). The number of carboxylic acid groups (broad SMARTS) is 2. The van der Waals surface area contributed by atoms with Crippen LogP contribution in [0.5, 0.6) is 0 Å². The lowest BCUT2D eigenvalue weighted by atomic mass is 9.92. The third-order valence-corrected chi connectivity index (χ3v) is 5.29. The monoisotopic (exact) mass is 358 g/mol. The number of guanidine groups is 1. The Kier molecular flexibility index (Phi) is 5.04. The highest BCUT2D eigenvalue weighted by Crippen LogP contribution is 2.51. The normalized spacial score (nSPS) is 24.9. The molecule has 0 radical (unpaired) electrons. The number of carboxylic acids is 2. The molecule has 0 bridgehead atoms. The third kappa shape index (κ3) is 3.17. The number of nitrogens with zero attached hydrogens (tertiary/aromatic N) is 1. The molecule has 4 atom stereocenters. The number of carbonyl (C=O) groups excluding carboxylic acids is 1. The van der Waals surface area contributed by atoms with Crippen LogP contribution < -0.4 is 11.1 Å². The molecule has 2 heterocycles. The first kappa shape index (κ1) is 18.1. The fourth-order valence-electron chi connectivity index (χ4n) is 2.75. The molecule has 24 heavy (non-hydrogen) atoms. The van der Waals surface area contributed by atoms with Crippen LogP contribution >= 0.6 is 11.8 Å². The summed E-state index contributed by atoms with van der Waals surface area (Å²) in [5, 5.41) is 37.0. The van der Waals surface area contributed by atoms with E-state index in [2.05, 4.69) is 5.32 Å². The van der Waals surface area contributed by atoms with Crippen molar-refractivity contribution in [2.45, 2.75) is 37.3 Å². The maximum atomic E-state index is 12.0. The Bertz CT molecular complexity index is 634. The first-order valence-electron chi connectivity index (χ1n) is 7.12. The smallest absolute Gasteiger partial charge is 0.353 e. The third-order valence-electron chi connectivity index (χ3n) is 3.86. The molecule has 2 aliphatic rings. The van der Waals surface area contributed by atoms with Crippen LogP contribution in [0.4, 0.5) is 0 Å². The molecule has 0 spiro atoms. The maximum absolute atomic E-state index is 12.0. The molecule has 11 heteroatoms. The van der Waals surface area contributed by atoms with Crippen molar-refractivity contribution in [2.24, 2.45) is 11.7 Å². The summed E-state index contributed by atoms with van der Waals surface area (Å²) in [6, 6.07) is -1.14. The molecule has 7 N–H and O–H groups in total. The van der Waals surface area contributed by atoms with Gasteiger partial charge in [-0.2, -0.15) is 0 Å². The van der Waals surface area contributed by atoms with Gasteiger partial charge in [-0.3, -0.25) is 15.1 Å². The second-order valence-electron chi connectivity index (χ2n) is 5.55. The van der Waals surface area contributed by atoms with Gasteiger partial charge in [0.25, 0.3) is 0 Å². The summed E-state index contributed by atoms with van der Waals surface area (Å²) in [6.07, 6.45) is -0.801. The first-order chi connectivity index (χ1) is 11.1. The molecule has 0 saturated carbocycles. The Morgan fingerprint density at radius 2 is 2.08 bits per heavy atom. The van der Waals surface area contributed by atoms with E-state index in [9.17, 15) is 24.6 Å². The number of nitrogens with two attached hydrogens (primary N) is 1. The van der Waals surface area contributed by atoms with Crippen LogP contribution in [0.15, 0.2) is 10.6 Å². The second kappa shape index (κ2) is 6.69. The number of fused-ring (bicyclic) bond motifs is 1. The highest BCUT2D eigenvalue weighted by molar-refractivity contribution is 8.04. The summed E-state index contributed by atoms with van der Waals surface area (Å²) in [5.74, 6) is -4.11. The van der Waals surface area contributed by atoms with Gasteiger partial charge in [-0.25, -0.2) is 9.59 Å². The number of nitrogens with one attached hydrogen (secondary N) is 2. The van der Waals surface area contributed by atoms with E-state index >= 15 is 0 Å². The average Bonchev–Trinajstić information content (AvgIpc) is 2.76. The van der Waals surface area contributed by atoms with Gasteiger partial charge in [-0.05, 0) is 19.8 Å². The topological polar surface area (TPSA) is 177 Å². The molecular weight excluding hydrogens is 340 g/mol. The van der Waals surface area contributed by atoms with Crippen molar-refractivity contribution in [2.75, 3.05) is 0 Å². The molecule has 1 amide bonds. The lowest BCUT2D eigenvalue weighted by Crippen LogP contribution is -2.60. The van der Waals surface area contributed by atoms with Gasteiger partial charge in [0.1, 0.15) is 17.1 Å². The van der Waals surface area contributed by atoms with Crippen molar-refractivity contribution in [3.8, 4) is 0 Å². The number of thioether (sulfide) groups is 1. The number of aliphatic hydroxyl groups excluding tert-OH is 1. The van der Waals surface area contributed by atoms with Crippen molar-refractivity contribution in [1.82, 2.24) is 10.2 Å². The van der Waals surface area contributed by atoms with Crippen molar-refractivity contribution < 1.29 is 29.7 Å². The summed E-state index contributed by atoms with van der Waals surface area (Å²) in [4.78, 5) is 36.2. The summed E-state index contributed by atoms with van der Waals surface area (Å²) in [6.45, 7) is 1.47. The summed E-state index contributed by atoms with van der Waals surface area (Å²) in [7, 11) is 0. The van der Waals surface area contributed by atoms with Gasteiger partial charge in [0, 0.05) is 4.91 Å². The summed E-state index contributed by atoms with van der Waals surface area (Å²) < 4.78 is 0. The average molecular weight is 358 g/mol. The molecule has 10 nitrogen and oxygen atoms in total. The quantitative estimate of drug-likeness (QED) is 0.187. The zero-order chi connectivity index (χ0) is 18.2. The van der Waals surface area contributed by atoms with E-state index in [4.69, 9.17) is 16.2 Å². The number of hydrogen-bond acceptors (Lipinski definition) is 6. The van der Waals surface area contributed by atoms with E-state index in [1.807, 2.05) is 0 Å². The largest absolute Gasteiger partial charge is 0.480 e. The van der Waals surface area contributed by atoms with Crippen LogP contribution in [-0.4, -0.2) is 61.5 Å². The van der Waals surface area contributed by atoms with Crippen LogP contribution in [0.3, 0.4) is 0 Å². The Labute approximate surface area is 141 Å². The van der Waals surface area contributed by atoms with Gasteiger partial charge in [0.2, 0.25) is 5.91 Å². The Morgan fingerprint density at radius 1 is 1.46 bits per heavy atom. The van der Waals surface area contributed by atoms with Crippen LogP contribution in [0.25, 0.3) is 0 Å². The number of β-lactam (4-membered cyclic amide) rings is 1. The highest BCUT2D eigenvalue weighted by atomic mass is 32.2. The van der Waals surface area contributed by atoms with Crippen molar-refractivity contribution in [1.29, 1.82) is 5.41 Å². The Morgan fingerprint density at radius 3 is 2.54 bits per heavy atom. The number of hydrogen-bond donors (Lipinski definition) is 6. The molecule has 1 fully saturated rings. The van der Waals surface area contributed by atoms with Gasteiger partial charge in [-0.1, -0.05) is 0 Å². The molecule has 0 aliphatic carbocycles. The molecule has 132 valence electrons. The van der Waals surface area contributed by atoms with Crippen LogP contribution in [0, 0.1) is 11.3 Å². The zero-order valence-electron chi connectivity index (χ0n) is 12.7. The molecule has 3 unspecified atom stereocenters. The molecule has 0 aromatic heterocycles. The number of aliphatic hydroxyl groups is 1. The van der Waals surface area contributed by atoms with Gasteiger partial charge in [0.05, 0.1) is 12.0 Å². The van der Waals surface area contributed by atoms with Crippen LogP contribution in [0.2, 0.25) is 0 Å². The number of amides is 1. The molecule has 0 aromatic carbocycles. The molecule has 0 aromatic rings. The predicted molar refractivity (Wildman–Crippen MR) is 83.8 cm³/mol. The number of rotatable bonds is 7. The van der Waals surface area contributed by atoms with E-state index < -0.39 is 47.2 Å². The lowest BCUT2D eigenvalue weighted by molar-refractivity contribution is -0.156. The van der Waals surface area contributed by atoms with Crippen molar-refractivity contribution in [3.63, 3.8) is 0 Å². The summed E-state index contributed by atoms with van der Waals surface area (Å²) in [5.41, 5.74) is 4.96. The number of aliphatic carboxylic acids is 2.